The first-order chi connectivity index (χ1) is 15.1. The van der Waals surface area contributed by atoms with Crippen molar-refractivity contribution in [3.05, 3.63) is 29.2 Å². The topological polar surface area (TPSA) is 112 Å². The number of aryl methyl sites for hydroxylation is 1. The lowest BCUT2D eigenvalue weighted by Crippen LogP contribution is -2.13. The number of ether oxygens (including phenoxy) is 1. The molecule has 0 bridgehead atoms. The van der Waals surface area contributed by atoms with Gasteiger partial charge in [0.05, 0.1) is 30.0 Å². The van der Waals surface area contributed by atoms with Crippen LogP contribution in [0.3, 0.4) is 0 Å². The van der Waals surface area contributed by atoms with Crippen molar-refractivity contribution in [2.45, 2.75) is 33.1 Å². The number of H-pyrrole nitrogens is 2. The van der Waals surface area contributed by atoms with E-state index < -0.39 is 34.9 Å². The number of pyridine rings is 1. The highest BCUT2D eigenvalue weighted by atomic mass is 19.4. The monoisotopic (exact) mass is 452 g/mol. The van der Waals surface area contributed by atoms with Crippen LogP contribution in [0.5, 0.6) is 5.88 Å². The number of hydrogen-bond acceptors (Lipinski definition) is 6. The fraction of sp³-hybridized carbons (Fsp3) is 0.350. The molecule has 170 valence electrons. The Morgan fingerprint density at radius 1 is 1.25 bits per heavy atom. The Kier molecular flexibility index (Phi) is 5.41. The van der Waals surface area contributed by atoms with E-state index in [4.69, 9.17) is 9.84 Å². The number of halogens is 4. The van der Waals surface area contributed by atoms with E-state index in [-0.39, 0.29) is 46.7 Å². The Labute approximate surface area is 179 Å². The van der Waals surface area contributed by atoms with Gasteiger partial charge in [0, 0.05) is 17.5 Å². The number of anilines is 1. The largest absolute Gasteiger partial charge is 0.474 e. The Morgan fingerprint density at radius 3 is 2.66 bits per heavy atom. The summed E-state index contributed by atoms with van der Waals surface area (Å²) in [6, 6.07) is 1.31. The molecule has 0 atom stereocenters. The van der Waals surface area contributed by atoms with Gasteiger partial charge >= 0.3 is 6.18 Å². The molecule has 0 spiro atoms. The summed E-state index contributed by atoms with van der Waals surface area (Å²) in [4.78, 5) is 4.20. The minimum atomic E-state index is -4.77. The van der Waals surface area contributed by atoms with Crippen LogP contribution in [0.1, 0.15) is 25.0 Å². The Bertz CT molecular complexity index is 1300. The van der Waals surface area contributed by atoms with E-state index in [9.17, 15) is 13.2 Å². The van der Waals surface area contributed by atoms with Gasteiger partial charge in [-0.05, 0) is 32.4 Å². The predicted molar refractivity (Wildman–Crippen MR) is 110 cm³/mol. The highest BCUT2D eigenvalue weighted by Crippen LogP contribution is 2.45. The number of nitrogens with zero attached hydrogens (tertiary/aromatic N) is 3. The molecule has 12 heteroatoms. The molecule has 0 saturated heterocycles. The van der Waals surface area contributed by atoms with Gasteiger partial charge in [-0.2, -0.15) is 23.4 Å². The van der Waals surface area contributed by atoms with Crippen LogP contribution in [0.4, 0.5) is 23.4 Å². The Balaban J connectivity index is 2.10. The molecular weight excluding hydrogens is 432 g/mol. The maximum absolute atomic E-state index is 15.7. The number of nitrogens with one attached hydrogen (secondary N) is 3. The average molecular weight is 452 g/mol. The second-order valence-electron chi connectivity index (χ2n) is 7.49. The highest BCUT2D eigenvalue weighted by Gasteiger charge is 2.38. The molecule has 8 nitrogen and oxygen atoms in total. The zero-order chi connectivity index (χ0) is 23.2. The van der Waals surface area contributed by atoms with Gasteiger partial charge in [0.1, 0.15) is 16.6 Å². The Morgan fingerprint density at radius 2 is 2.00 bits per heavy atom. The molecule has 0 aliphatic rings. The summed E-state index contributed by atoms with van der Waals surface area (Å²) in [7, 11) is 0. The second kappa shape index (κ2) is 7.93. The van der Waals surface area contributed by atoms with Crippen molar-refractivity contribution in [2.75, 3.05) is 18.5 Å². The van der Waals surface area contributed by atoms with Crippen LogP contribution in [0.25, 0.3) is 33.1 Å². The number of benzene rings is 1. The van der Waals surface area contributed by atoms with Crippen LogP contribution in [-0.2, 0) is 6.18 Å². The number of rotatable bonds is 6. The zero-order valence-corrected chi connectivity index (χ0v) is 17.4. The van der Waals surface area contributed by atoms with E-state index in [1.54, 1.807) is 13.8 Å². The maximum Gasteiger partial charge on any atom is 0.417 e. The minimum absolute atomic E-state index is 0.0716. The molecule has 0 unspecified atom stereocenters. The number of aliphatic hydroxyl groups excluding tert-OH is 1. The third kappa shape index (κ3) is 3.60. The summed E-state index contributed by atoms with van der Waals surface area (Å²) in [5.74, 6) is -0.942. The zero-order valence-electron chi connectivity index (χ0n) is 17.4. The molecule has 1 aromatic carbocycles. The first-order valence-electron chi connectivity index (χ1n) is 9.76. The van der Waals surface area contributed by atoms with E-state index in [1.807, 2.05) is 0 Å². The third-order valence-corrected chi connectivity index (χ3v) is 4.84. The van der Waals surface area contributed by atoms with Crippen molar-refractivity contribution in [1.29, 1.82) is 0 Å². The Hall–Kier alpha value is -3.41. The summed E-state index contributed by atoms with van der Waals surface area (Å²) in [6.45, 7) is 4.62. The summed E-state index contributed by atoms with van der Waals surface area (Å²) in [6.07, 6.45) is -3.97. The summed E-state index contributed by atoms with van der Waals surface area (Å²) in [5, 5.41) is 25.0. The van der Waals surface area contributed by atoms with Crippen molar-refractivity contribution in [1.82, 2.24) is 25.4 Å². The van der Waals surface area contributed by atoms with Crippen molar-refractivity contribution in [2.24, 2.45) is 0 Å². The number of fused-ring (bicyclic) bond motifs is 2. The number of aromatic nitrogens is 5. The second-order valence-corrected chi connectivity index (χ2v) is 7.49. The molecule has 0 fully saturated rings. The van der Waals surface area contributed by atoms with Gasteiger partial charge in [-0.3, -0.25) is 10.2 Å². The van der Waals surface area contributed by atoms with E-state index >= 15 is 4.39 Å². The summed E-state index contributed by atoms with van der Waals surface area (Å²) in [5.41, 5.74) is -1.94. The van der Waals surface area contributed by atoms with E-state index in [0.717, 1.165) is 0 Å². The van der Waals surface area contributed by atoms with Crippen LogP contribution in [-0.4, -0.2) is 49.7 Å². The molecule has 0 saturated carbocycles. The van der Waals surface area contributed by atoms with Crippen LogP contribution < -0.4 is 10.1 Å². The lowest BCUT2D eigenvalue weighted by molar-refractivity contribution is -0.137. The molecule has 3 heterocycles. The fourth-order valence-electron chi connectivity index (χ4n) is 3.65. The molecule has 0 aliphatic carbocycles. The molecule has 4 aromatic rings. The molecular formula is C20H20F4N6O2. The molecule has 0 radical (unpaired) electrons. The molecule has 4 N–H and O–H groups in total. The average Bonchev–Trinajstić information content (AvgIpc) is 3.33. The predicted octanol–water partition coefficient (Wildman–Crippen LogP) is 4.16. The van der Waals surface area contributed by atoms with Gasteiger partial charge in [0.15, 0.2) is 11.6 Å². The first-order valence-corrected chi connectivity index (χ1v) is 9.76. The van der Waals surface area contributed by atoms with Gasteiger partial charge < -0.3 is 15.2 Å². The van der Waals surface area contributed by atoms with Crippen LogP contribution in [0.15, 0.2) is 12.3 Å². The van der Waals surface area contributed by atoms with E-state index in [1.165, 1.54) is 19.2 Å². The number of hydrogen-bond donors (Lipinski definition) is 4. The standard InChI is InChI=1S/C20H20F4N6O2/c1-8(2)32-19-13-17(29-30-18(13)25-4-5-31)15(21)16(27-19)12-10-7-26-28-11(10)6-9(3)14(12)20(22,23)24/h6-8,31H,4-5H2,1-3H3,(H,26,28)(H2,25,29,30). The molecule has 32 heavy (non-hydrogen) atoms. The summed E-state index contributed by atoms with van der Waals surface area (Å²) < 4.78 is 63.6. The smallest absolute Gasteiger partial charge is 0.417 e. The first kappa shape index (κ1) is 21.8. The highest BCUT2D eigenvalue weighted by molar-refractivity contribution is 6.01. The number of alkyl halides is 3. The van der Waals surface area contributed by atoms with Gasteiger partial charge in [0.25, 0.3) is 0 Å². The van der Waals surface area contributed by atoms with Gasteiger partial charge in [-0.15, -0.1) is 0 Å². The normalized spacial score (nSPS) is 12.3. The van der Waals surface area contributed by atoms with E-state index in [2.05, 4.69) is 30.7 Å². The molecule has 4 rings (SSSR count). The number of aliphatic hydroxyl groups is 1. The van der Waals surface area contributed by atoms with Crippen LogP contribution >= 0.6 is 0 Å². The van der Waals surface area contributed by atoms with Gasteiger partial charge in [0.2, 0.25) is 5.88 Å². The minimum Gasteiger partial charge on any atom is -0.474 e. The third-order valence-electron chi connectivity index (χ3n) is 4.84. The molecule has 0 amide bonds. The molecule has 3 aromatic heterocycles. The van der Waals surface area contributed by atoms with Crippen molar-refractivity contribution in [3.8, 4) is 17.1 Å². The van der Waals surface area contributed by atoms with Gasteiger partial charge in [-0.25, -0.2) is 9.37 Å². The van der Waals surface area contributed by atoms with Crippen molar-refractivity contribution >= 4 is 27.6 Å². The lowest BCUT2D eigenvalue weighted by atomic mass is 9.94. The van der Waals surface area contributed by atoms with Gasteiger partial charge in [-0.1, -0.05) is 0 Å². The van der Waals surface area contributed by atoms with Crippen LogP contribution in [0, 0.1) is 12.7 Å². The van der Waals surface area contributed by atoms with Crippen molar-refractivity contribution < 1.29 is 27.4 Å². The fourth-order valence-corrected chi connectivity index (χ4v) is 3.65. The van der Waals surface area contributed by atoms with E-state index in [0.29, 0.717) is 5.52 Å². The van der Waals surface area contributed by atoms with Crippen molar-refractivity contribution in [3.63, 3.8) is 0 Å². The SMILES string of the molecule is Cc1cc2[nH]ncc2c(-c2nc(OC(C)C)c3c(NCCO)n[nH]c3c2F)c1C(F)(F)F. The maximum atomic E-state index is 15.7. The quantitative estimate of drug-likeness (QED) is 0.327. The summed E-state index contributed by atoms with van der Waals surface area (Å²) >= 11 is 0. The van der Waals surface area contributed by atoms with Crippen LogP contribution in [0.2, 0.25) is 0 Å². The number of aromatic amines is 2. The molecule has 0 aliphatic heterocycles. The lowest BCUT2D eigenvalue weighted by Gasteiger charge is -2.18.